The molecule has 74 valence electrons. The smallest absolute Gasteiger partial charge is 0.222 e. The summed E-state index contributed by atoms with van der Waals surface area (Å²) in [5.74, 6) is 0.534. The molecule has 0 spiro atoms. The third-order valence-corrected chi connectivity index (χ3v) is 1.53. The quantitative estimate of drug-likeness (QED) is 0.449. The fourth-order valence-corrected chi connectivity index (χ4v) is 0.945. The zero-order valence-electron chi connectivity index (χ0n) is 9.67. The molecule has 0 saturated heterocycles. The molecule has 0 radical (unpaired) electrons. The minimum Gasteiger partial charge on any atom is -0.222 e. The van der Waals surface area contributed by atoms with Crippen LogP contribution in [0.25, 0.3) is 0 Å². The maximum atomic E-state index is 8.35. The summed E-state index contributed by atoms with van der Waals surface area (Å²) >= 11 is 0. The van der Waals surface area contributed by atoms with E-state index in [1.54, 1.807) is 0 Å². The minimum atomic E-state index is 0.0428. The Morgan fingerprint density at radius 3 is 2.08 bits per heavy atom. The molecule has 1 saturated carbocycles. The van der Waals surface area contributed by atoms with Crippen molar-refractivity contribution in [2.24, 2.45) is 5.92 Å². The van der Waals surface area contributed by atoms with Gasteiger partial charge in [0.05, 0.1) is 0 Å². The molecule has 3 unspecified atom stereocenters. The van der Waals surface area contributed by atoms with E-state index in [1.807, 2.05) is 0 Å². The van der Waals surface area contributed by atoms with Crippen molar-refractivity contribution >= 4 is 12.2 Å². The normalized spacial score (nSPS) is 32.5. The Bertz CT molecular complexity index is 212. The Morgan fingerprint density at radius 1 is 1.31 bits per heavy atom. The van der Waals surface area contributed by atoms with Crippen molar-refractivity contribution < 1.29 is 12.3 Å². The van der Waals surface area contributed by atoms with E-state index in [0.29, 0.717) is 5.92 Å². The van der Waals surface area contributed by atoms with E-state index in [1.165, 1.54) is 0 Å². The molecule has 3 atom stereocenters. The predicted octanol–water partition coefficient (Wildman–Crippen LogP) is 2.39. The van der Waals surface area contributed by atoms with E-state index < -0.39 is 0 Å². The van der Waals surface area contributed by atoms with Gasteiger partial charge >= 0.3 is 0 Å². The van der Waals surface area contributed by atoms with E-state index in [9.17, 15) is 0 Å². The van der Waals surface area contributed by atoms with E-state index in [4.69, 9.17) is 23.1 Å². The number of hydrogen-bond acceptors (Lipinski definition) is 4. The molecule has 0 aromatic carbocycles. The lowest BCUT2D eigenvalue weighted by Gasteiger charge is -2.15. The molecule has 0 bridgehead atoms. The second kappa shape index (κ2) is 13.4. The van der Waals surface area contributed by atoms with E-state index in [0.717, 1.165) is 31.4 Å². The fraction of sp³-hybridized carbons (Fsp3) is 0.778. The van der Waals surface area contributed by atoms with Crippen LogP contribution in [0.5, 0.6) is 0 Å². The molecule has 1 rings (SSSR count). The average Bonchev–Trinajstić information content (AvgIpc) is 2.14. The van der Waals surface area contributed by atoms with Gasteiger partial charge in [-0.1, -0.05) is 39.0 Å². The van der Waals surface area contributed by atoms with Crippen LogP contribution in [0.2, 0.25) is 0 Å². The lowest BCUT2D eigenvalue weighted by molar-refractivity contribution is 0.385. The lowest BCUT2D eigenvalue weighted by atomic mass is 9.91. The average molecular weight is 186 g/mol. The molecule has 13 heavy (non-hydrogen) atoms. The fourth-order valence-electron chi connectivity index (χ4n) is 0.945. The molecule has 1 aliphatic rings. The lowest BCUT2D eigenvalue weighted by Crippen LogP contribution is -1.99. The first-order valence-electron chi connectivity index (χ1n) is 5.11. The Balaban J connectivity index is 0. The highest BCUT2D eigenvalue weighted by Crippen LogP contribution is 2.21. The van der Waals surface area contributed by atoms with Crippen molar-refractivity contribution in [3.8, 4) is 0 Å². The van der Waals surface area contributed by atoms with Crippen LogP contribution in [0.4, 0.5) is 0 Å². The first kappa shape index (κ1) is 9.85. The van der Waals surface area contributed by atoms with Crippen molar-refractivity contribution in [3.05, 3.63) is 0 Å². The van der Waals surface area contributed by atoms with Gasteiger partial charge in [-0.05, 0) is 5.92 Å². The molecule has 0 aliphatic heterocycles. The van der Waals surface area contributed by atoms with Crippen LogP contribution in [0.1, 0.15) is 41.7 Å². The maximum Gasteiger partial charge on any atom is 0.231 e. The van der Waals surface area contributed by atoms with Gasteiger partial charge < -0.3 is 0 Å². The molecule has 0 aromatic rings. The highest BCUT2D eigenvalue weighted by molar-refractivity contribution is 5.26. The Labute approximate surface area is 81.2 Å². The number of rotatable bonds is 0. The SMILES string of the molecule is N=C=O.N=C=O.[2H]C1CCC(C)C([2H])C1. The minimum absolute atomic E-state index is 0.0428. The van der Waals surface area contributed by atoms with Crippen molar-refractivity contribution in [2.75, 3.05) is 0 Å². The van der Waals surface area contributed by atoms with Gasteiger partial charge in [0, 0.05) is 2.74 Å². The van der Waals surface area contributed by atoms with Gasteiger partial charge in [-0.2, -0.15) is 0 Å². The van der Waals surface area contributed by atoms with Crippen LogP contribution >= 0.6 is 0 Å². The van der Waals surface area contributed by atoms with E-state index in [2.05, 4.69) is 6.92 Å². The van der Waals surface area contributed by atoms with Gasteiger partial charge in [0.15, 0.2) is 0 Å². The number of carbonyl (C=O) groups excluding carboxylic acids is 2. The highest BCUT2D eigenvalue weighted by Gasteiger charge is 2.05. The third kappa shape index (κ3) is 18.1. The summed E-state index contributed by atoms with van der Waals surface area (Å²) < 4.78 is 14.9. The van der Waals surface area contributed by atoms with Crippen LogP contribution in [0, 0.1) is 16.7 Å². The summed E-state index contributed by atoms with van der Waals surface area (Å²) in [7, 11) is 0. The first-order valence-corrected chi connectivity index (χ1v) is 3.95. The van der Waals surface area contributed by atoms with Gasteiger partial charge in [0.2, 0.25) is 12.2 Å². The molecule has 0 aromatic heterocycles. The molecular weight excluding hydrogens is 168 g/mol. The Morgan fingerprint density at radius 2 is 1.77 bits per heavy atom. The third-order valence-electron chi connectivity index (χ3n) is 1.53. The summed E-state index contributed by atoms with van der Waals surface area (Å²) in [4.78, 5) is 16.7. The Hall–Kier alpha value is -1.24. The van der Waals surface area contributed by atoms with Crippen LogP contribution in [0.3, 0.4) is 0 Å². The topological polar surface area (TPSA) is 81.8 Å². The largest absolute Gasteiger partial charge is 0.231 e. The van der Waals surface area contributed by atoms with Crippen molar-refractivity contribution in [1.82, 2.24) is 0 Å². The monoisotopic (exact) mass is 186 g/mol. The van der Waals surface area contributed by atoms with Gasteiger partial charge in [-0.15, -0.1) is 0 Å². The predicted molar refractivity (Wildman–Crippen MR) is 49.1 cm³/mol. The molecule has 2 N–H and O–H groups in total. The summed E-state index contributed by atoms with van der Waals surface area (Å²) in [6.07, 6.45) is 4.49. The highest BCUT2D eigenvalue weighted by atomic mass is 16.1. The van der Waals surface area contributed by atoms with Gasteiger partial charge in [-0.3, -0.25) is 0 Å². The number of isocyanates is 2. The zero-order valence-corrected chi connectivity index (χ0v) is 7.67. The number of nitrogens with one attached hydrogen (secondary N) is 2. The summed E-state index contributed by atoms with van der Waals surface area (Å²) in [6.45, 7) is 2.11. The van der Waals surface area contributed by atoms with Crippen molar-refractivity contribution in [3.63, 3.8) is 0 Å². The summed E-state index contributed by atoms with van der Waals surface area (Å²) in [5, 5.41) is 10.8. The molecule has 1 fully saturated rings. The molecule has 0 amide bonds. The second-order valence-corrected chi connectivity index (χ2v) is 2.52. The molecule has 4 nitrogen and oxygen atoms in total. The molecule has 4 heteroatoms. The number of hydrogen-bond donors (Lipinski definition) is 2. The van der Waals surface area contributed by atoms with Crippen LogP contribution in [-0.2, 0) is 9.59 Å². The zero-order chi connectivity index (χ0) is 12.3. The van der Waals surface area contributed by atoms with Gasteiger partial charge in [0.25, 0.3) is 0 Å². The molecular formula is C9H16N2O2. The summed E-state index contributed by atoms with van der Waals surface area (Å²) in [6, 6.07) is 0. The molecule has 0 heterocycles. The summed E-state index contributed by atoms with van der Waals surface area (Å²) in [5.41, 5.74) is 0. The van der Waals surface area contributed by atoms with Crippen molar-refractivity contribution in [1.29, 1.82) is 10.8 Å². The van der Waals surface area contributed by atoms with Crippen molar-refractivity contribution in [2.45, 2.75) is 39.0 Å². The first-order chi connectivity index (χ1) is 7.03. The van der Waals surface area contributed by atoms with Crippen LogP contribution in [-0.4, -0.2) is 12.2 Å². The maximum absolute atomic E-state index is 8.35. The van der Waals surface area contributed by atoms with Gasteiger partial charge in [-0.25, -0.2) is 20.4 Å². The van der Waals surface area contributed by atoms with Crippen LogP contribution in [0.15, 0.2) is 0 Å². The Kier molecular flexibility index (Phi) is 10.1. The van der Waals surface area contributed by atoms with Gasteiger partial charge in [0.1, 0.15) is 0 Å². The van der Waals surface area contributed by atoms with E-state index in [-0.39, 0.29) is 12.8 Å². The van der Waals surface area contributed by atoms with Crippen LogP contribution < -0.4 is 0 Å². The standard InChI is InChI=1S/C7H14.2CHNO/c1-7-5-3-2-4-6-7;2*2-1-3/h7H,2-6H2,1H3;2*2H/i2D,5D;;. The molecule has 1 aliphatic carbocycles. The van der Waals surface area contributed by atoms with E-state index >= 15 is 0 Å². The second-order valence-electron chi connectivity index (χ2n) is 2.52.